The number of benzene rings is 2. The average molecular weight is 338 g/mol. The van der Waals surface area contributed by atoms with Crippen molar-refractivity contribution in [2.75, 3.05) is 7.05 Å². The van der Waals surface area contributed by atoms with Crippen LogP contribution >= 0.6 is 0 Å². The zero-order valence-corrected chi connectivity index (χ0v) is 14.3. The lowest BCUT2D eigenvalue weighted by Crippen LogP contribution is -2.30. The monoisotopic (exact) mass is 338 g/mol. The fraction of sp³-hybridized carbons (Fsp3) is 0.211. The molecule has 0 unspecified atom stereocenters. The summed E-state index contributed by atoms with van der Waals surface area (Å²) < 4.78 is 14.6. The molecule has 0 fully saturated rings. The lowest BCUT2D eigenvalue weighted by atomic mass is 10.1. The highest BCUT2D eigenvalue weighted by molar-refractivity contribution is 5.90. The summed E-state index contributed by atoms with van der Waals surface area (Å²) in [5, 5.41) is 4.30. The van der Waals surface area contributed by atoms with E-state index < -0.39 is 0 Å². The van der Waals surface area contributed by atoms with Crippen LogP contribution < -0.4 is 0 Å². The Kier molecular flexibility index (Phi) is 4.61. The maximum absolute atomic E-state index is 13.1. The van der Waals surface area contributed by atoms with E-state index in [9.17, 15) is 9.18 Å². The van der Waals surface area contributed by atoms with Gasteiger partial charge in [0.15, 0.2) is 0 Å². The first-order valence-corrected chi connectivity index (χ1v) is 7.99. The van der Waals surface area contributed by atoms with Crippen molar-refractivity contribution < 1.29 is 9.18 Å². The third-order valence-electron chi connectivity index (χ3n) is 4.21. The van der Waals surface area contributed by atoms with Crippen molar-refractivity contribution in [2.45, 2.75) is 19.9 Å². The van der Waals surface area contributed by atoms with Crippen LogP contribution in [0, 0.1) is 12.7 Å². The van der Waals surface area contributed by atoms with E-state index in [1.165, 1.54) is 16.8 Å². The molecule has 0 bridgehead atoms. The first-order valence-electron chi connectivity index (χ1n) is 7.99. The van der Waals surface area contributed by atoms with Crippen LogP contribution in [0.15, 0.2) is 54.6 Å². The predicted octanol–water partition coefficient (Wildman–Crippen LogP) is 3.55. The largest absolute Gasteiger partial charge is 0.332 e. The molecule has 1 aromatic heterocycles. The Morgan fingerprint density at radius 1 is 1.12 bits per heavy atom. The van der Waals surface area contributed by atoms with E-state index in [0.717, 1.165) is 5.56 Å². The second-order valence-corrected chi connectivity index (χ2v) is 5.87. The van der Waals surface area contributed by atoms with Gasteiger partial charge in [0, 0.05) is 7.05 Å². The fourth-order valence-corrected chi connectivity index (χ4v) is 2.60. The molecule has 128 valence electrons. The number of aromatic nitrogens is 3. The molecule has 0 radical (unpaired) electrons. The van der Waals surface area contributed by atoms with Gasteiger partial charge in [0.05, 0.1) is 11.7 Å². The highest BCUT2D eigenvalue weighted by Crippen LogP contribution is 2.20. The van der Waals surface area contributed by atoms with Crippen LogP contribution in [0.25, 0.3) is 5.69 Å². The van der Waals surface area contributed by atoms with Gasteiger partial charge < -0.3 is 4.90 Å². The SMILES string of the molecule is Cc1nc(C(=O)N(C)[C@H](C)c2ccccc2)nn1-c1ccc(F)cc1. The number of carbonyl (C=O) groups excluding carboxylic acids is 1. The Morgan fingerprint density at radius 3 is 2.40 bits per heavy atom. The molecular weight excluding hydrogens is 319 g/mol. The van der Waals surface area contributed by atoms with Gasteiger partial charge >= 0.3 is 0 Å². The molecule has 1 heterocycles. The summed E-state index contributed by atoms with van der Waals surface area (Å²) in [5.74, 6) is 0.0948. The Labute approximate surface area is 145 Å². The number of hydrogen-bond acceptors (Lipinski definition) is 3. The number of aryl methyl sites for hydroxylation is 1. The Balaban J connectivity index is 1.85. The average Bonchev–Trinajstić information content (AvgIpc) is 3.03. The Morgan fingerprint density at radius 2 is 1.76 bits per heavy atom. The summed E-state index contributed by atoms with van der Waals surface area (Å²) in [5.41, 5.74) is 1.69. The van der Waals surface area contributed by atoms with Crippen LogP contribution in [0.4, 0.5) is 4.39 Å². The van der Waals surface area contributed by atoms with Gasteiger partial charge in [-0.05, 0) is 43.7 Å². The second-order valence-electron chi connectivity index (χ2n) is 5.87. The molecule has 3 aromatic rings. The van der Waals surface area contributed by atoms with Gasteiger partial charge in [-0.2, -0.15) is 0 Å². The molecule has 6 heteroatoms. The van der Waals surface area contributed by atoms with E-state index >= 15 is 0 Å². The number of halogens is 1. The molecule has 0 aliphatic rings. The van der Waals surface area contributed by atoms with Gasteiger partial charge in [0.2, 0.25) is 5.82 Å². The van der Waals surface area contributed by atoms with Gasteiger partial charge in [0.1, 0.15) is 11.6 Å². The van der Waals surface area contributed by atoms with Crippen LogP contribution in [0.1, 0.15) is 35.0 Å². The number of carbonyl (C=O) groups is 1. The minimum atomic E-state index is -0.325. The van der Waals surface area contributed by atoms with Crippen molar-refractivity contribution in [3.05, 3.63) is 77.6 Å². The number of nitrogens with zero attached hydrogens (tertiary/aromatic N) is 4. The molecule has 25 heavy (non-hydrogen) atoms. The molecule has 1 atom stereocenters. The molecule has 3 rings (SSSR count). The van der Waals surface area contributed by atoms with Crippen molar-refractivity contribution in [3.63, 3.8) is 0 Å². The molecule has 0 saturated heterocycles. The molecule has 0 aliphatic heterocycles. The van der Waals surface area contributed by atoms with Gasteiger partial charge in [-0.1, -0.05) is 30.3 Å². The normalized spacial score (nSPS) is 12.0. The summed E-state index contributed by atoms with van der Waals surface area (Å²) in [6.45, 7) is 3.71. The van der Waals surface area contributed by atoms with Crippen molar-refractivity contribution in [3.8, 4) is 5.69 Å². The molecule has 0 aliphatic carbocycles. The summed E-state index contributed by atoms with van der Waals surface area (Å²) in [4.78, 5) is 18.6. The van der Waals surface area contributed by atoms with Crippen molar-refractivity contribution in [1.82, 2.24) is 19.7 Å². The zero-order chi connectivity index (χ0) is 18.0. The van der Waals surface area contributed by atoms with Crippen LogP contribution in [0.3, 0.4) is 0 Å². The lowest BCUT2D eigenvalue weighted by molar-refractivity contribution is 0.0730. The number of amides is 1. The molecule has 0 spiro atoms. The molecule has 5 nitrogen and oxygen atoms in total. The van der Waals surface area contributed by atoms with Gasteiger partial charge in [-0.15, -0.1) is 5.10 Å². The van der Waals surface area contributed by atoms with Crippen LogP contribution in [-0.2, 0) is 0 Å². The standard InChI is InChI=1S/C19H19FN4O/c1-13(15-7-5-4-6-8-15)23(3)19(25)18-21-14(2)24(22-18)17-11-9-16(20)10-12-17/h4-13H,1-3H3/t13-/m1/s1. The summed E-state index contributed by atoms with van der Waals surface area (Å²) >= 11 is 0. The van der Waals surface area contributed by atoms with E-state index in [1.807, 2.05) is 37.3 Å². The highest BCUT2D eigenvalue weighted by atomic mass is 19.1. The van der Waals surface area contributed by atoms with E-state index in [2.05, 4.69) is 10.1 Å². The van der Waals surface area contributed by atoms with Gasteiger partial charge in [0.25, 0.3) is 5.91 Å². The zero-order valence-electron chi connectivity index (χ0n) is 14.3. The van der Waals surface area contributed by atoms with Crippen LogP contribution in [0.2, 0.25) is 0 Å². The highest BCUT2D eigenvalue weighted by Gasteiger charge is 2.23. The first kappa shape index (κ1) is 16.8. The minimum absolute atomic E-state index is 0.105. The quantitative estimate of drug-likeness (QED) is 0.731. The van der Waals surface area contributed by atoms with Crippen molar-refractivity contribution in [2.24, 2.45) is 0 Å². The predicted molar refractivity (Wildman–Crippen MR) is 93.0 cm³/mol. The number of rotatable bonds is 4. The third kappa shape index (κ3) is 3.42. The maximum Gasteiger partial charge on any atom is 0.293 e. The van der Waals surface area contributed by atoms with E-state index in [1.54, 1.807) is 31.0 Å². The van der Waals surface area contributed by atoms with Gasteiger partial charge in [-0.25, -0.2) is 14.1 Å². The molecule has 0 N–H and O–H groups in total. The topological polar surface area (TPSA) is 51.0 Å². The van der Waals surface area contributed by atoms with E-state index in [-0.39, 0.29) is 23.6 Å². The van der Waals surface area contributed by atoms with E-state index in [4.69, 9.17) is 0 Å². The minimum Gasteiger partial charge on any atom is -0.332 e. The second kappa shape index (κ2) is 6.84. The number of hydrogen-bond donors (Lipinski definition) is 0. The lowest BCUT2D eigenvalue weighted by Gasteiger charge is -2.24. The molecule has 2 aromatic carbocycles. The van der Waals surface area contributed by atoms with Crippen molar-refractivity contribution in [1.29, 1.82) is 0 Å². The van der Waals surface area contributed by atoms with Crippen molar-refractivity contribution >= 4 is 5.91 Å². The molecule has 0 saturated carbocycles. The van der Waals surface area contributed by atoms with E-state index in [0.29, 0.717) is 11.5 Å². The van der Waals surface area contributed by atoms with Crippen LogP contribution in [-0.4, -0.2) is 32.6 Å². The first-order chi connectivity index (χ1) is 12.0. The molecular formula is C19H19FN4O. The third-order valence-corrected chi connectivity index (χ3v) is 4.21. The Bertz CT molecular complexity index is 874. The summed E-state index contributed by atoms with van der Waals surface area (Å²) in [6, 6.07) is 15.6. The molecule has 1 amide bonds. The fourth-order valence-electron chi connectivity index (χ4n) is 2.60. The summed E-state index contributed by atoms with van der Waals surface area (Å²) in [7, 11) is 1.73. The van der Waals surface area contributed by atoms with Gasteiger partial charge in [-0.3, -0.25) is 4.79 Å². The summed E-state index contributed by atoms with van der Waals surface area (Å²) in [6.07, 6.45) is 0. The smallest absolute Gasteiger partial charge is 0.293 e. The van der Waals surface area contributed by atoms with Crippen LogP contribution in [0.5, 0.6) is 0 Å². The maximum atomic E-state index is 13.1. The Hall–Kier alpha value is -3.02.